The smallest absolute Gasteiger partial charge is 0.350 e. The molecule has 11 nitrogen and oxygen atoms in total. The van der Waals surface area contributed by atoms with Crippen LogP contribution >= 0.6 is 11.6 Å². The van der Waals surface area contributed by atoms with E-state index in [0.717, 1.165) is 6.42 Å². The molecule has 0 aliphatic carbocycles. The summed E-state index contributed by atoms with van der Waals surface area (Å²) in [5.41, 5.74) is 1.48. The summed E-state index contributed by atoms with van der Waals surface area (Å²) in [5, 5.41) is 13.3. The van der Waals surface area contributed by atoms with Crippen molar-refractivity contribution in [2.45, 2.75) is 44.2 Å². The molecule has 3 aliphatic heterocycles. The van der Waals surface area contributed by atoms with Crippen molar-refractivity contribution in [3.05, 3.63) is 57.9 Å². The van der Waals surface area contributed by atoms with Crippen LogP contribution in [0.15, 0.2) is 35.8 Å². The molecular formula is C31H32ClFN8O3. The molecule has 1 N–H and O–H groups in total. The Balaban J connectivity index is 1.56. The van der Waals surface area contributed by atoms with Crippen LogP contribution in [-0.4, -0.2) is 82.0 Å². The maximum absolute atomic E-state index is 15.5. The standard InChI is InChI=1S/C31H32ClFN8O3/c1-3-24(42)40-14-13-39(16-18(40)8-10-34)30-21-15-22(32)26(27-23(33)9-11-36-29(27)35-2)20-7-6-19(17-38-12-4-5-25(38)43)41(28(20)21)31(44)37-30/h3,9,11,15,18-19H,1,4-8,12-14,16-17H2,2H3,(H,35,36)/t18-,19?/m0/s1. The van der Waals surface area contributed by atoms with Crippen LogP contribution in [-0.2, 0) is 16.0 Å². The van der Waals surface area contributed by atoms with Gasteiger partial charge in [-0.25, -0.2) is 14.2 Å². The van der Waals surface area contributed by atoms with E-state index in [1.54, 1.807) is 27.5 Å². The summed E-state index contributed by atoms with van der Waals surface area (Å²) in [4.78, 5) is 53.2. The highest BCUT2D eigenvalue weighted by molar-refractivity contribution is 6.35. The molecule has 13 heteroatoms. The average Bonchev–Trinajstić information content (AvgIpc) is 3.43. The van der Waals surface area contributed by atoms with Crippen molar-refractivity contribution in [3.8, 4) is 17.2 Å². The quantitative estimate of drug-likeness (QED) is 0.399. The van der Waals surface area contributed by atoms with Gasteiger partial charge in [-0.3, -0.25) is 14.2 Å². The molecule has 2 atom stereocenters. The van der Waals surface area contributed by atoms with E-state index in [0.29, 0.717) is 79.1 Å². The number of nitrogens with one attached hydrogen (secondary N) is 1. The Hall–Kier alpha value is -4.50. The summed E-state index contributed by atoms with van der Waals surface area (Å²) in [6.07, 6.45) is 4.99. The Morgan fingerprint density at radius 1 is 1.25 bits per heavy atom. The van der Waals surface area contributed by atoms with Crippen LogP contribution in [0.3, 0.4) is 0 Å². The van der Waals surface area contributed by atoms with E-state index in [1.165, 1.54) is 18.3 Å². The highest BCUT2D eigenvalue weighted by atomic mass is 35.5. The second-order valence-electron chi connectivity index (χ2n) is 11.3. The Kier molecular flexibility index (Phi) is 7.98. The average molecular weight is 619 g/mol. The molecule has 44 heavy (non-hydrogen) atoms. The number of halogens is 2. The molecule has 3 aliphatic rings. The van der Waals surface area contributed by atoms with Gasteiger partial charge in [-0.15, -0.1) is 0 Å². The third kappa shape index (κ3) is 4.95. The van der Waals surface area contributed by atoms with Gasteiger partial charge in [0.2, 0.25) is 11.8 Å². The number of hydrogen-bond acceptors (Lipinski definition) is 8. The fourth-order valence-corrected chi connectivity index (χ4v) is 7.21. The van der Waals surface area contributed by atoms with E-state index in [9.17, 15) is 19.6 Å². The Labute approximate surface area is 258 Å². The minimum absolute atomic E-state index is 0.0630. The molecule has 2 fully saturated rings. The topological polar surface area (TPSA) is 127 Å². The SMILES string of the molecule is C=CC(=O)N1CCN(c2nc(=O)n3c4c(c(-c5c(F)ccnc5NC)c(Cl)cc24)CCC3CN2CCCC2=O)C[C@@H]1CC#N. The molecule has 0 spiro atoms. The lowest BCUT2D eigenvalue weighted by Gasteiger charge is -2.41. The van der Waals surface area contributed by atoms with Gasteiger partial charge in [0.25, 0.3) is 0 Å². The number of amides is 2. The summed E-state index contributed by atoms with van der Waals surface area (Å²) >= 11 is 6.99. The number of anilines is 2. The summed E-state index contributed by atoms with van der Waals surface area (Å²) < 4.78 is 17.1. The predicted octanol–water partition coefficient (Wildman–Crippen LogP) is 3.52. The second kappa shape index (κ2) is 11.9. The Morgan fingerprint density at radius 3 is 2.77 bits per heavy atom. The first-order valence-corrected chi connectivity index (χ1v) is 15.1. The normalized spacial score (nSPS) is 19.8. The molecule has 1 unspecified atom stereocenters. The van der Waals surface area contributed by atoms with Gasteiger partial charge in [0.15, 0.2) is 0 Å². The van der Waals surface area contributed by atoms with E-state index < -0.39 is 17.5 Å². The summed E-state index contributed by atoms with van der Waals surface area (Å²) in [6.45, 7) is 5.56. The number of piperazine rings is 1. The number of rotatable bonds is 7. The van der Waals surface area contributed by atoms with Crippen molar-refractivity contribution in [2.24, 2.45) is 0 Å². The summed E-state index contributed by atoms with van der Waals surface area (Å²) in [6, 6.07) is 4.38. The largest absolute Gasteiger partial charge is 0.373 e. The predicted molar refractivity (Wildman–Crippen MR) is 165 cm³/mol. The molecule has 0 radical (unpaired) electrons. The molecule has 5 heterocycles. The van der Waals surface area contributed by atoms with Crippen LogP contribution < -0.4 is 15.9 Å². The molecule has 3 aromatic rings. The zero-order valence-electron chi connectivity index (χ0n) is 24.4. The zero-order chi connectivity index (χ0) is 31.1. The summed E-state index contributed by atoms with van der Waals surface area (Å²) in [5.74, 6) is 0.00616. The fourth-order valence-electron chi connectivity index (χ4n) is 6.90. The first-order chi connectivity index (χ1) is 21.3. The number of aryl methyl sites for hydroxylation is 1. The van der Waals surface area contributed by atoms with Gasteiger partial charge in [-0.2, -0.15) is 10.2 Å². The third-order valence-electron chi connectivity index (χ3n) is 8.89. The van der Waals surface area contributed by atoms with E-state index in [1.807, 2.05) is 4.90 Å². The van der Waals surface area contributed by atoms with Crippen molar-refractivity contribution in [3.63, 3.8) is 0 Å². The van der Waals surface area contributed by atoms with Crippen molar-refractivity contribution in [2.75, 3.05) is 50.0 Å². The van der Waals surface area contributed by atoms with E-state index >= 15 is 4.39 Å². The molecule has 1 aromatic carbocycles. The lowest BCUT2D eigenvalue weighted by Crippen LogP contribution is -2.55. The van der Waals surface area contributed by atoms with Gasteiger partial charge in [-0.1, -0.05) is 18.2 Å². The van der Waals surface area contributed by atoms with Crippen LogP contribution in [0, 0.1) is 17.1 Å². The maximum atomic E-state index is 15.5. The number of hydrogen-bond donors (Lipinski definition) is 1. The minimum atomic E-state index is -0.503. The summed E-state index contributed by atoms with van der Waals surface area (Å²) in [7, 11) is 1.65. The van der Waals surface area contributed by atoms with Crippen molar-refractivity contribution < 1.29 is 14.0 Å². The number of benzene rings is 1. The van der Waals surface area contributed by atoms with Crippen molar-refractivity contribution in [1.82, 2.24) is 24.3 Å². The van der Waals surface area contributed by atoms with Crippen molar-refractivity contribution in [1.29, 1.82) is 5.26 Å². The van der Waals surface area contributed by atoms with Crippen LogP contribution in [0.2, 0.25) is 5.02 Å². The minimum Gasteiger partial charge on any atom is -0.373 e. The molecule has 6 rings (SSSR count). The Bertz CT molecular complexity index is 1790. The van der Waals surface area contributed by atoms with Gasteiger partial charge < -0.3 is 20.0 Å². The van der Waals surface area contributed by atoms with E-state index in [2.05, 4.69) is 27.9 Å². The lowest BCUT2D eigenvalue weighted by molar-refractivity contribution is -0.129. The molecule has 2 amide bonds. The fraction of sp³-hybridized carbons (Fsp3) is 0.419. The number of aromatic nitrogens is 3. The van der Waals surface area contributed by atoms with Gasteiger partial charge in [-0.05, 0) is 43.0 Å². The first-order valence-electron chi connectivity index (χ1n) is 14.7. The van der Waals surface area contributed by atoms with E-state index in [4.69, 9.17) is 11.6 Å². The second-order valence-corrected chi connectivity index (χ2v) is 11.7. The van der Waals surface area contributed by atoms with Crippen molar-refractivity contribution >= 4 is 46.0 Å². The van der Waals surface area contributed by atoms with Crippen LogP contribution in [0.5, 0.6) is 0 Å². The Morgan fingerprint density at radius 2 is 2.07 bits per heavy atom. The molecular weight excluding hydrogens is 587 g/mol. The monoisotopic (exact) mass is 618 g/mol. The maximum Gasteiger partial charge on any atom is 0.350 e. The molecule has 2 aromatic heterocycles. The third-order valence-corrected chi connectivity index (χ3v) is 9.19. The molecule has 228 valence electrons. The van der Waals surface area contributed by atoms with Crippen LogP contribution in [0.1, 0.15) is 37.3 Å². The first kappa shape index (κ1) is 29.6. The number of pyridine rings is 1. The highest BCUT2D eigenvalue weighted by Crippen LogP contribution is 2.45. The zero-order valence-corrected chi connectivity index (χ0v) is 25.1. The molecule has 0 bridgehead atoms. The highest BCUT2D eigenvalue weighted by Gasteiger charge is 2.36. The number of nitrogens with zero attached hydrogens (tertiary/aromatic N) is 7. The number of carbonyl (C=O) groups excluding carboxylic acids is 2. The van der Waals surface area contributed by atoms with Gasteiger partial charge in [0.1, 0.15) is 17.5 Å². The molecule has 0 saturated carbocycles. The van der Waals surface area contributed by atoms with E-state index in [-0.39, 0.29) is 41.4 Å². The number of nitriles is 1. The lowest BCUT2D eigenvalue weighted by atomic mass is 9.89. The molecule has 2 saturated heterocycles. The van der Waals surface area contributed by atoms with Gasteiger partial charge in [0.05, 0.1) is 35.7 Å². The van der Waals surface area contributed by atoms with Gasteiger partial charge in [0, 0.05) is 68.4 Å². The number of likely N-dealkylation sites (tertiary alicyclic amines) is 1. The van der Waals surface area contributed by atoms with Crippen LogP contribution in [0.4, 0.5) is 16.0 Å². The van der Waals surface area contributed by atoms with Crippen LogP contribution in [0.25, 0.3) is 22.0 Å². The van der Waals surface area contributed by atoms with Gasteiger partial charge >= 0.3 is 5.69 Å². The number of carbonyl (C=O) groups is 2.